The quantitative estimate of drug-likeness (QED) is 0.707. The molecular formula is C19H20N4O3. The van der Waals surface area contributed by atoms with E-state index in [0.29, 0.717) is 5.82 Å². The van der Waals surface area contributed by atoms with Gasteiger partial charge in [-0.05, 0) is 12.5 Å². The van der Waals surface area contributed by atoms with Crippen LogP contribution in [0.3, 0.4) is 0 Å². The first-order chi connectivity index (χ1) is 12.5. The van der Waals surface area contributed by atoms with E-state index in [9.17, 15) is 9.59 Å². The summed E-state index contributed by atoms with van der Waals surface area (Å²) in [4.78, 5) is 31.5. The van der Waals surface area contributed by atoms with Gasteiger partial charge in [0.2, 0.25) is 5.43 Å². The van der Waals surface area contributed by atoms with Gasteiger partial charge >= 0.3 is 0 Å². The summed E-state index contributed by atoms with van der Waals surface area (Å²) in [5, 5.41) is 2.92. The number of hydrogen-bond acceptors (Lipinski definition) is 4. The van der Waals surface area contributed by atoms with Gasteiger partial charge in [-0.2, -0.15) is 0 Å². The summed E-state index contributed by atoms with van der Waals surface area (Å²) < 4.78 is 7.21. The normalized spacial score (nSPS) is 11.8. The van der Waals surface area contributed by atoms with Crippen molar-refractivity contribution in [3.8, 4) is 5.75 Å². The number of carbonyl (C=O) groups is 1. The molecule has 1 amide bonds. The van der Waals surface area contributed by atoms with Crippen molar-refractivity contribution in [2.45, 2.75) is 13.0 Å². The van der Waals surface area contributed by atoms with Gasteiger partial charge in [0.15, 0.2) is 12.4 Å². The molecule has 26 heavy (non-hydrogen) atoms. The van der Waals surface area contributed by atoms with E-state index in [2.05, 4.69) is 15.3 Å². The number of ether oxygens (including phenoxy) is 1. The van der Waals surface area contributed by atoms with Crippen LogP contribution in [0.1, 0.15) is 23.1 Å². The van der Waals surface area contributed by atoms with Crippen LogP contribution in [0.25, 0.3) is 0 Å². The van der Waals surface area contributed by atoms with Gasteiger partial charge in [0.1, 0.15) is 11.9 Å². The SMILES string of the molecule is Cc1cc(=O)c(OCC(=O)NC(c2ccccc2)c2nccn2C)c[nH]1. The molecule has 0 bridgehead atoms. The molecule has 0 saturated carbocycles. The van der Waals surface area contributed by atoms with Crippen LogP contribution in [-0.2, 0) is 11.8 Å². The molecule has 0 aliphatic carbocycles. The fourth-order valence-electron chi connectivity index (χ4n) is 2.62. The largest absolute Gasteiger partial charge is 0.478 e. The summed E-state index contributed by atoms with van der Waals surface area (Å²) in [6.45, 7) is 1.51. The minimum absolute atomic E-state index is 0.110. The summed E-state index contributed by atoms with van der Waals surface area (Å²) >= 11 is 0. The maximum Gasteiger partial charge on any atom is 0.258 e. The molecule has 0 fully saturated rings. The van der Waals surface area contributed by atoms with Gasteiger partial charge in [-0.15, -0.1) is 0 Å². The third-order valence-corrected chi connectivity index (χ3v) is 3.94. The lowest BCUT2D eigenvalue weighted by Gasteiger charge is -2.19. The standard InChI is InChI=1S/C19H20N4O3/c1-13-10-15(24)16(11-21-13)26-12-17(25)22-18(14-6-4-3-5-7-14)19-20-8-9-23(19)2/h3-11,18H,12H2,1-2H3,(H,21,24)(H,22,25). The number of pyridine rings is 1. The Labute approximate surface area is 150 Å². The molecule has 7 heteroatoms. The van der Waals surface area contributed by atoms with Gasteiger partial charge in [-0.1, -0.05) is 30.3 Å². The Morgan fingerprint density at radius 2 is 2.12 bits per heavy atom. The molecule has 2 aromatic heterocycles. The van der Waals surface area contributed by atoms with Crippen LogP contribution < -0.4 is 15.5 Å². The van der Waals surface area contributed by atoms with Gasteiger partial charge in [0.25, 0.3) is 5.91 Å². The second kappa shape index (κ2) is 7.69. The van der Waals surface area contributed by atoms with Crippen LogP contribution in [0.4, 0.5) is 0 Å². The van der Waals surface area contributed by atoms with E-state index in [4.69, 9.17) is 4.74 Å². The van der Waals surface area contributed by atoms with Gasteiger partial charge in [0.05, 0.1) is 0 Å². The molecule has 1 aromatic carbocycles. The average Bonchev–Trinajstić information content (AvgIpc) is 3.05. The number of nitrogens with zero attached hydrogens (tertiary/aromatic N) is 2. The Kier molecular flexibility index (Phi) is 5.17. The first kappa shape index (κ1) is 17.5. The Hall–Kier alpha value is -3.35. The zero-order valence-corrected chi connectivity index (χ0v) is 14.6. The van der Waals surface area contributed by atoms with Crippen LogP contribution in [0.15, 0.2) is 59.8 Å². The molecule has 1 atom stereocenters. The van der Waals surface area contributed by atoms with Crippen molar-refractivity contribution in [3.63, 3.8) is 0 Å². The van der Waals surface area contributed by atoms with Crippen LogP contribution in [0.2, 0.25) is 0 Å². The number of benzene rings is 1. The first-order valence-corrected chi connectivity index (χ1v) is 8.18. The summed E-state index contributed by atoms with van der Waals surface area (Å²) in [6, 6.07) is 10.6. The fraction of sp³-hybridized carbons (Fsp3) is 0.211. The molecule has 0 aliphatic rings. The summed E-state index contributed by atoms with van der Waals surface area (Å²) in [5.74, 6) is 0.471. The zero-order chi connectivity index (χ0) is 18.5. The number of H-pyrrole nitrogens is 1. The molecule has 3 rings (SSSR count). The maximum absolute atomic E-state index is 12.4. The van der Waals surface area contributed by atoms with Gasteiger partial charge < -0.3 is 19.6 Å². The van der Waals surface area contributed by atoms with Gasteiger partial charge in [0, 0.05) is 37.4 Å². The molecule has 0 radical (unpaired) electrons. The van der Waals surface area contributed by atoms with Gasteiger partial charge in [-0.25, -0.2) is 4.98 Å². The van der Waals surface area contributed by atoms with Crippen molar-refractivity contribution in [1.82, 2.24) is 19.9 Å². The second-order valence-electron chi connectivity index (χ2n) is 5.94. The minimum Gasteiger partial charge on any atom is -0.478 e. The van der Waals surface area contributed by atoms with E-state index in [1.54, 1.807) is 13.1 Å². The summed E-state index contributed by atoms with van der Waals surface area (Å²) in [7, 11) is 1.87. The number of nitrogens with one attached hydrogen (secondary N) is 2. The van der Waals surface area contributed by atoms with Crippen LogP contribution in [0, 0.1) is 6.92 Å². The highest BCUT2D eigenvalue weighted by molar-refractivity contribution is 5.78. The molecule has 2 heterocycles. The van der Waals surface area contributed by atoms with Crippen LogP contribution in [-0.4, -0.2) is 27.0 Å². The number of aryl methyl sites for hydroxylation is 2. The van der Waals surface area contributed by atoms with Crippen molar-refractivity contribution >= 4 is 5.91 Å². The smallest absolute Gasteiger partial charge is 0.258 e. The molecule has 0 saturated heterocycles. The number of hydrogen-bond donors (Lipinski definition) is 2. The van der Waals surface area contributed by atoms with E-state index in [1.165, 1.54) is 12.3 Å². The topological polar surface area (TPSA) is 89.0 Å². The third kappa shape index (κ3) is 4.00. The number of aromatic amines is 1. The van der Waals surface area contributed by atoms with E-state index in [-0.39, 0.29) is 23.7 Å². The van der Waals surface area contributed by atoms with E-state index in [0.717, 1.165) is 11.3 Å². The Morgan fingerprint density at radius 3 is 2.77 bits per heavy atom. The number of carbonyl (C=O) groups excluding carboxylic acids is 1. The first-order valence-electron chi connectivity index (χ1n) is 8.18. The molecule has 0 spiro atoms. The number of imidazole rings is 1. The summed E-state index contributed by atoms with van der Waals surface area (Å²) in [6.07, 6.45) is 4.96. The monoisotopic (exact) mass is 352 g/mol. The fourth-order valence-corrected chi connectivity index (χ4v) is 2.62. The predicted molar refractivity (Wildman–Crippen MR) is 96.9 cm³/mol. The molecular weight excluding hydrogens is 332 g/mol. The van der Waals surface area contributed by atoms with E-state index in [1.807, 2.05) is 48.1 Å². The molecule has 0 aliphatic heterocycles. The Bertz CT molecular complexity index is 947. The van der Waals surface area contributed by atoms with Crippen LogP contribution >= 0.6 is 0 Å². The zero-order valence-electron chi connectivity index (χ0n) is 14.6. The van der Waals surface area contributed by atoms with Crippen LogP contribution in [0.5, 0.6) is 5.75 Å². The van der Waals surface area contributed by atoms with Gasteiger partial charge in [-0.3, -0.25) is 9.59 Å². The third-order valence-electron chi connectivity index (χ3n) is 3.94. The highest BCUT2D eigenvalue weighted by atomic mass is 16.5. The second-order valence-corrected chi connectivity index (χ2v) is 5.94. The van der Waals surface area contributed by atoms with Crippen molar-refractivity contribution in [1.29, 1.82) is 0 Å². The average molecular weight is 352 g/mol. The highest BCUT2D eigenvalue weighted by Crippen LogP contribution is 2.20. The molecule has 3 aromatic rings. The van der Waals surface area contributed by atoms with E-state index < -0.39 is 6.04 Å². The predicted octanol–water partition coefficient (Wildman–Crippen LogP) is 1.70. The van der Waals surface area contributed by atoms with Crippen molar-refractivity contribution in [2.75, 3.05) is 6.61 Å². The Balaban J connectivity index is 1.73. The van der Waals surface area contributed by atoms with Crippen molar-refractivity contribution in [3.05, 3.63) is 82.3 Å². The lowest BCUT2D eigenvalue weighted by Crippen LogP contribution is -2.35. The Morgan fingerprint density at radius 1 is 1.35 bits per heavy atom. The van der Waals surface area contributed by atoms with Crippen molar-refractivity contribution in [2.24, 2.45) is 7.05 Å². The number of rotatable bonds is 6. The lowest BCUT2D eigenvalue weighted by molar-refractivity contribution is -0.123. The molecule has 134 valence electrons. The van der Waals surface area contributed by atoms with Crippen molar-refractivity contribution < 1.29 is 9.53 Å². The molecule has 1 unspecified atom stereocenters. The number of amides is 1. The summed E-state index contributed by atoms with van der Waals surface area (Å²) in [5.41, 5.74) is 1.37. The number of aromatic nitrogens is 3. The molecule has 2 N–H and O–H groups in total. The lowest BCUT2D eigenvalue weighted by atomic mass is 10.1. The maximum atomic E-state index is 12.4. The minimum atomic E-state index is -0.413. The molecule has 7 nitrogen and oxygen atoms in total. The van der Waals surface area contributed by atoms with E-state index >= 15 is 0 Å². The highest BCUT2D eigenvalue weighted by Gasteiger charge is 2.20.